The van der Waals surface area contributed by atoms with Gasteiger partial charge in [-0.05, 0) is 72.9 Å². The number of benzene rings is 2. The largest absolute Gasteiger partial charge is 0.341 e. The summed E-state index contributed by atoms with van der Waals surface area (Å²) in [6.45, 7) is 2.39. The molecule has 0 fully saturated rings. The molecule has 3 heterocycles. The molecule has 0 aliphatic carbocycles. The van der Waals surface area contributed by atoms with Crippen molar-refractivity contribution in [2.24, 2.45) is 0 Å². The van der Waals surface area contributed by atoms with Crippen LogP contribution in [0.25, 0.3) is 11.0 Å². The van der Waals surface area contributed by atoms with E-state index in [4.69, 9.17) is 0 Å². The van der Waals surface area contributed by atoms with E-state index in [0.717, 1.165) is 33.6 Å². The first-order valence-corrected chi connectivity index (χ1v) is 13.0. The van der Waals surface area contributed by atoms with Crippen LogP contribution in [-0.4, -0.2) is 49.6 Å². The van der Waals surface area contributed by atoms with Crippen LogP contribution in [-0.2, 0) is 12.8 Å². The standard InChI is InChI=1S/C29H26N6O2S/c1-19-27(26(38-34-19)17-23-18-31-24-8-3-4-9-25(24)32-23)28(36)33-22-7-5-6-21(16-22)29(37)35(2)15-12-20-10-13-30-14-11-20/h3-11,13-14,16,18H,12,15,17H2,1-2H3,(H,33,36). The molecule has 0 atom stereocenters. The number of likely N-dealkylation sites (N-methyl/N-ethyl adjacent to an activating group) is 1. The van der Waals surface area contributed by atoms with Gasteiger partial charge in [0.2, 0.25) is 0 Å². The number of nitrogens with one attached hydrogen (secondary N) is 1. The Kier molecular flexibility index (Phi) is 7.46. The molecule has 0 saturated carbocycles. The number of rotatable bonds is 8. The van der Waals surface area contributed by atoms with Gasteiger partial charge in [0.15, 0.2) is 0 Å². The maximum atomic E-state index is 13.3. The summed E-state index contributed by atoms with van der Waals surface area (Å²) in [4.78, 5) is 42.0. The van der Waals surface area contributed by atoms with E-state index in [-0.39, 0.29) is 11.8 Å². The molecule has 0 aliphatic heterocycles. The van der Waals surface area contributed by atoms with Crippen molar-refractivity contribution in [3.63, 3.8) is 0 Å². The quantitative estimate of drug-likeness (QED) is 0.310. The third-order valence-corrected chi connectivity index (χ3v) is 7.13. The molecule has 5 rings (SSSR count). The Labute approximate surface area is 224 Å². The second kappa shape index (κ2) is 11.3. The van der Waals surface area contributed by atoms with Crippen molar-refractivity contribution in [2.45, 2.75) is 19.8 Å². The van der Waals surface area contributed by atoms with Gasteiger partial charge in [0.1, 0.15) is 0 Å². The van der Waals surface area contributed by atoms with E-state index in [2.05, 4.69) is 24.6 Å². The molecule has 2 amide bonds. The van der Waals surface area contributed by atoms with Crippen molar-refractivity contribution in [1.29, 1.82) is 0 Å². The van der Waals surface area contributed by atoms with E-state index in [0.29, 0.717) is 35.5 Å². The summed E-state index contributed by atoms with van der Waals surface area (Å²) < 4.78 is 4.42. The third-order valence-electron chi connectivity index (χ3n) is 6.20. The molecule has 5 aromatic rings. The van der Waals surface area contributed by atoms with Gasteiger partial charge in [0, 0.05) is 54.7 Å². The fourth-order valence-corrected chi connectivity index (χ4v) is 5.05. The lowest BCUT2D eigenvalue weighted by molar-refractivity contribution is 0.0796. The van der Waals surface area contributed by atoms with Gasteiger partial charge in [-0.15, -0.1) is 0 Å². The van der Waals surface area contributed by atoms with Crippen LogP contribution >= 0.6 is 11.5 Å². The minimum Gasteiger partial charge on any atom is -0.341 e. The number of fused-ring (bicyclic) bond motifs is 1. The highest BCUT2D eigenvalue weighted by Crippen LogP contribution is 2.24. The van der Waals surface area contributed by atoms with Gasteiger partial charge < -0.3 is 10.2 Å². The average molecular weight is 523 g/mol. The number of carbonyl (C=O) groups excluding carboxylic acids is 2. The molecule has 0 aliphatic rings. The highest BCUT2D eigenvalue weighted by molar-refractivity contribution is 7.06. The van der Waals surface area contributed by atoms with Crippen LogP contribution < -0.4 is 5.32 Å². The Morgan fingerprint density at radius 3 is 2.61 bits per heavy atom. The van der Waals surface area contributed by atoms with Gasteiger partial charge in [0.05, 0.1) is 28.0 Å². The highest BCUT2D eigenvalue weighted by atomic mass is 32.1. The van der Waals surface area contributed by atoms with Gasteiger partial charge in [0.25, 0.3) is 11.8 Å². The van der Waals surface area contributed by atoms with E-state index >= 15 is 0 Å². The molecule has 0 saturated heterocycles. The zero-order valence-electron chi connectivity index (χ0n) is 21.1. The maximum absolute atomic E-state index is 13.3. The first kappa shape index (κ1) is 25.2. The minimum absolute atomic E-state index is 0.112. The zero-order chi connectivity index (χ0) is 26.5. The Hall–Kier alpha value is -4.50. The lowest BCUT2D eigenvalue weighted by atomic mass is 10.1. The van der Waals surface area contributed by atoms with E-state index in [1.54, 1.807) is 54.8 Å². The number of anilines is 1. The van der Waals surface area contributed by atoms with Gasteiger partial charge in [-0.25, -0.2) is 4.98 Å². The monoisotopic (exact) mass is 522 g/mol. The van der Waals surface area contributed by atoms with E-state index < -0.39 is 0 Å². The molecule has 0 unspecified atom stereocenters. The summed E-state index contributed by atoms with van der Waals surface area (Å²) in [7, 11) is 1.77. The minimum atomic E-state index is -0.268. The lowest BCUT2D eigenvalue weighted by Crippen LogP contribution is -2.29. The average Bonchev–Trinajstić information content (AvgIpc) is 3.31. The lowest BCUT2D eigenvalue weighted by Gasteiger charge is -2.18. The number of para-hydroxylation sites is 2. The SMILES string of the molecule is Cc1nsc(Cc2cnc3ccccc3n2)c1C(=O)Nc1cccc(C(=O)N(C)CCc2ccncc2)c1. The Balaban J connectivity index is 1.28. The van der Waals surface area contributed by atoms with Crippen molar-refractivity contribution in [3.05, 3.63) is 112 Å². The predicted molar refractivity (Wildman–Crippen MR) is 148 cm³/mol. The summed E-state index contributed by atoms with van der Waals surface area (Å²) in [6, 6.07) is 18.6. The summed E-state index contributed by atoms with van der Waals surface area (Å²) in [6.07, 6.45) is 6.41. The van der Waals surface area contributed by atoms with Gasteiger partial charge in [-0.2, -0.15) is 4.37 Å². The second-order valence-corrected chi connectivity index (χ2v) is 9.82. The van der Waals surface area contributed by atoms with Crippen LogP contribution in [0.4, 0.5) is 5.69 Å². The number of pyridine rings is 1. The normalized spacial score (nSPS) is 10.9. The van der Waals surface area contributed by atoms with Crippen LogP contribution in [0.3, 0.4) is 0 Å². The summed E-state index contributed by atoms with van der Waals surface area (Å²) in [5.41, 5.74) is 5.75. The van der Waals surface area contributed by atoms with E-state index in [1.165, 1.54) is 11.5 Å². The fraction of sp³-hybridized carbons (Fsp3) is 0.172. The fourth-order valence-electron chi connectivity index (χ4n) is 4.17. The Morgan fingerprint density at radius 2 is 1.79 bits per heavy atom. The molecular weight excluding hydrogens is 496 g/mol. The van der Waals surface area contributed by atoms with Crippen LogP contribution in [0.1, 0.15) is 42.5 Å². The van der Waals surface area contributed by atoms with E-state index in [9.17, 15) is 9.59 Å². The van der Waals surface area contributed by atoms with Gasteiger partial charge >= 0.3 is 0 Å². The molecule has 0 bridgehead atoms. The number of hydrogen-bond donors (Lipinski definition) is 1. The number of hydrogen-bond acceptors (Lipinski definition) is 7. The molecule has 0 radical (unpaired) electrons. The van der Waals surface area contributed by atoms with Crippen LogP contribution in [0.15, 0.2) is 79.3 Å². The second-order valence-electron chi connectivity index (χ2n) is 8.96. The van der Waals surface area contributed by atoms with Crippen molar-refractivity contribution in [3.8, 4) is 0 Å². The van der Waals surface area contributed by atoms with Crippen LogP contribution in [0, 0.1) is 6.92 Å². The topological polar surface area (TPSA) is 101 Å². The highest BCUT2D eigenvalue weighted by Gasteiger charge is 2.20. The third kappa shape index (κ3) is 5.73. The molecule has 190 valence electrons. The Morgan fingerprint density at radius 1 is 1.00 bits per heavy atom. The van der Waals surface area contributed by atoms with Crippen molar-refractivity contribution >= 4 is 40.1 Å². The van der Waals surface area contributed by atoms with Crippen molar-refractivity contribution in [1.82, 2.24) is 24.2 Å². The van der Waals surface area contributed by atoms with Crippen LogP contribution in [0.5, 0.6) is 0 Å². The number of nitrogens with zero attached hydrogens (tertiary/aromatic N) is 5. The zero-order valence-corrected chi connectivity index (χ0v) is 21.9. The first-order chi connectivity index (χ1) is 18.5. The smallest absolute Gasteiger partial charge is 0.258 e. The van der Waals surface area contributed by atoms with Crippen molar-refractivity contribution in [2.75, 3.05) is 18.9 Å². The molecule has 0 spiro atoms. The summed E-state index contributed by atoms with van der Waals surface area (Å²) >= 11 is 1.29. The molecule has 8 nitrogen and oxygen atoms in total. The van der Waals surface area contributed by atoms with Gasteiger partial charge in [-0.3, -0.25) is 19.6 Å². The van der Waals surface area contributed by atoms with Crippen LogP contribution in [0.2, 0.25) is 0 Å². The molecular formula is C29H26N6O2S. The molecule has 9 heteroatoms. The predicted octanol–water partition coefficient (Wildman–Crippen LogP) is 4.95. The first-order valence-electron chi connectivity index (χ1n) is 12.2. The van der Waals surface area contributed by atoms with E-state index in [1.807, 2.05) is 43.3 Å². The van der Waals surface area contributed by atoms with Crippen molar-refractivity contribution < 1.29 is 9.59 Å². The number of aromatic nitrogens is 4. The number of amides is 2. The molecule has 2 aromatic carbocycles. The summed E-state index contributed by atoms with van der Waals surface area (Å²) in [5, 5.41) is 2.95. The number of carbonyl (C=O) groups is 2. The molecule has 1 N–H and O–H groups in total. The maximum Gasteiger partial charge on any atom is 0.258 e. The summed E-state index contributed by atoms with van der Waals surface area (Å²) in [5.74, 6) is -0.380. The Bertz CT molecular complexity index is 1600. The number of aryl methyl sites for hydroxylation is 1. The molecule has 3 aromatic heterocycles. The van der Waals surface area contributed by atoms with Gasteiger partial charge in [-0.1, -0.05) is 18.2 Å². The molecule has 38 heavy (non-hydrogen) atoms.